The lowest BCUT2D eigenvalue weighted by Gasteiger charge is -2.08. The fraction of sp³-hybridized carbons (Fsp3) is 0.0870. The van der Waals surface area contributed by atoms with Crippen molar-refractivity contribution in [2.24, 2.45) is 0 Å². The first kappa shape index (κ1) is 18.3. The Morgan fingerprint density at radius 3 is 2.83 bits per heavy atom. The van der Waals surface area contributed by atoms with Crippen LogP contribution in [-0.4, -0.2) is 22.4 Å². The van der Waals surface area contributed by atoms with Crippen molar-refractivity contribution in [2.45, 2.75) is 6.42 Å². The van der Waals surface area contributed by atoms with E-state index < -0.39 is 0 Å². The van der Waals surface area contributed by atoms with Crippen LogP contribution in [0.15, 0.2) is 73.1 Å². The van der Waals surface area contributed by atoms with E-state index in [1.165, 1.54) is 17.1 Å². The second-order valence-electron chi connectivity index (χ2n) is 6.62. The summed E-state index contributed by atoms with van der Waals surface area (Å²) in [6, 6.07) is 20.8. The Morgan fingerprint density at radius 1 is 1.10 bits per heavy atom. The summed E-state index contributed by atoms with van der Waals surface area (Å²) in [5.41, 5.74) is 4.12. The fourth-order valence-corrected chi connectivity index (χ4v) is 3.17. The van der Waals surface area contributed by atoms with Gasteiger partial charge < -0.3 is 15.6 Å². The summed E-state index contributed by atoms with van der Waals surface area (Å²) in [7, 11) is 0. The number of carbonyl (C=O) groups excluding carboxylic acids is 1. The Balaban J connectivity index is 1.33. The maximum absolute atomic E-state index is 12.4. The van der Waals surface area contributed by atoms with Gasteiger partial charge in [0.25, 0.3) is 5.91 Å². The van der Waals surface area contributed by atoms with Gasteiger partial charge in [-0.15, -0.1) is 0 Å². The van der Waals surface area contributed by atoms with E-state index in [9.17, 15) is 4.79 Å². The maximum atomic E-state index is 12.4. The molecule has 0 fully saturated rings. The molecule has 142 valence electrons. The van der Waals surface area contributed by atoms with Gasteiger partial charge in [-0.2, -0.15) is 5.26 Å². The van der Waals surface area contributed by atoms with Crippen LogP contribution in [0.4, 0.5) is 11.5 Å². The molecule has 0 aliphatic rings. The zero-order valence-electron chi connectivity index (χ0n) is 15.6. The highest BCUT2D eigenvalue weighted by Crippen LogP contribution is 2.18. The number of rotatable bonds is 6. The highest BCUT2D eigenvalue weighted by atomic mass is 16.1. The van der Waals surface area contributed by atoms with Crippen molar-refractivity contribution in [3.63, 3.8) is 0 Å². The molecule has 0 atom stereocenters. The molecule has 0 bridgehead atoms. The van der Waals surface area contributed by atoms with Crippen LogP contribution in [0.5, 0.6) is 0 Å². The molecule has 4 aromatic rings. The minimum absolute atomic E-state index is 0.157. The van der Waals surface area contributed by atoms with Crippen LogP contribution in [0.3, 0.4) is 0 Å². The van der Waals surface area contributed by atoms with Gasteiger partial charge in [0.05, 0.1) is 17.2 Å². The van der Waals surface area contributed by atoms with Crippen LogP contribution >= 0.6 is 0 Å². The lowest BCUT2D eigenvalue weighted by Crippen LogP contribution is -2.25. The summed E-state index contributed by atoms with van der Waals surface area (Å²) in [5.74, 6) is 0.450. The van der Waals surface area contributed by atoms with Crippen LogP contribution in [0.25, 0.3) is 10.9 Å². The largest absolute Gasteiger partial charge is 0.361 e. The average molecular weight is 381 g/mol. The van der Waals surface area contributed by atoms with Gasteiger partial charge in [0.15, 0.2) is 0 Å². The molecule has 2 aromatic carbocycles. The maximum Gasteiger partial charge on any atom is 0.252 e. The summed E-state index contributed by atoms with van der Waals surface area (Å²) in [4.78, 5) is 19.9. The Labute approximate surface area is 168 Å². The molecule has 4 rings (SSSR count). The quantitative estimate of drug-likeness (QED) is 0.468. The summed E-state index contributed by atoms with van der Waals surface area (Å²) >= 11 is 0. The molecule has 0 spiro atoms. The molecule has 2 aromatic heterocycles. The smallest absolute Gasteiger partial charge is 0.252 e. The molecule has 0 saturated heterocycles. The van der Waals surface area contributed by atoms with Crippen LogP contribution in [0.1, 0.15) is 21.5 Å². The van der Waals surface area contributed by atoms with Crippen molar-refractivity contribution in [3.8, 4) is 6.07 Å². The van der Waals surface area contributed by atoms with Crippen molar-refractivity contribution in [1.82, 2.24) is 15.3 Å². The van der Waals surface area contributed by atoms with Crippen molar-refractivity contribution < 1.29 is 4.79 Å². The van der Waals surface area contributed by atoms with E-state index in [0.29, 0.717) is 23.5 Å². The van der Waals surface area contributed by atoms with Crippen LogP contribution < -0.4 is 10.6 Å². The first-order valence-electron chi connectivity index (χ1n) is 9.29. The second kappa shape index (κ2) is 8.28. The summed E-state index contributed by atoms with van der Waals surface area (Å²) in [6.07, 6.45) is 4.27. The van der Waals surface area contributed by atoms with Gasteiger partial charge in [-0.05, 0) is 48.4 Å². The van der Waals surface area contributed by atoms with E-state index >= 15 is 0 Å². The number of carbonyl (C=O) groups is 1. The number of nitrogens with one attached hydrogen (secondary N) is 3. The predicted molar refractivity (Wildman–Crippen MR) is 113 cm³/mol. The van der Waals surface area contributed by atoms with Gasteiger partial charge in [-0.1, -0.05) is 24.3 Å². The highest BCUT2D eigenvalue weighted by molar-refractivity contribution is 5.94. The van der Waals surface area contributed by atoms with Crippen molar-refractivity contribution in [1.29, 1.82) is 5.26 Å². The van der Waals surface area contributed by atoms with E-state index in [1.54, 1.807) is 30.3 Å². The Hall–Kier alpha value is -4.11. The number of anilines is 2. The molecule has 6 nitrogen and oxygen atoms in total. The Kier molecular flexibility index (Phi) is 5.21. The highest BCUT2D eigenvalue weighted by Gasteiger charge is 2.08. The van der Waals surface area contributed by atoms with Crippen molar-refractivity contribution in [3.05, 3.63) is 89.7 Å². The number of nitriles is 1. The van der Waals surface area contributed by atoms with E-state index in [4.69, 9.17) is 5.26 Å². The van der Waals surface area contributed by atoms with Gasteiger partial charge in [-0.25, -0.2) is 4.98 Å². The Bertz CT molecular complexity index is 1190. The van der Waals surface area contributed by atoms with Crippen LogP contribution in [0.2, 0.25) is 0 Å². The normalized spacial score (nSPS) is 10.4. The van der Waals surface area contributed by atoms with Gasteiger partial charge in [-0.3, -0.25) is 4.79 Å². The summed E-state index contributed by atoms with van der Waals surface area (Å²) < 4.78 is 0. The van der Waals surface area contributed by atoms with Gasteiger partial charge in [0.1, 0.15) is 5.82 Å². The van der Waals surface area contributed by atoms with E-state index in [-0.39, 0.29) is 5.91 Å². The molecule has 0 aliphatic carbocycles. The molecule has 0 unspecified atom stereocenters. The van der Waals surface area contributed by atoms with Gasteiger partial charge in [0.2, 0.25) is 0 Å². The van der Waals surface area contributed by atoms with Gasteiger partial charge >= 0.3 is 0 Å². The second-order valence-corrected chi connectivity index (χ2v) is 6.62. The third kappa shape index (κ3) is 4.25. The molecular formula is C23H19N5O. The zero-order valence-corrected chi connectivity index (χ0v) is 15.6. The van der Waals surface area contributed by atoms with Crippen LogP contribution in [-0.2, 0) is 6.42 Å². The van der Waals surface area contributed by atoms with Gasteiger partial charge in [0, 0.05) is 35.5 Å². The predicted octanol–water partition coefficient (Wildman–Crippen LogP) is 4.15. The number of nitrogens with zero attached hydrogens (tertiary/aromatic N) is 2. The van der Waals surface area contributed by atoms with Crippen LogP contribution in [0, 0.1) is 11.3 Å². The molecule has 6 heteroatoms. The number of fused-ring (bicyclic) bond motifs is 1. The van der Waals surface area contributed by atoms with Crippen molar-refractivity contribution >= 4 is 28.3 Å². The fourth-order valence-electron chi connectivity index (χ4n) is 3.17. The number of pyridine rings is 1. The SMILES string of the molecule is N#Cc1cccc(Nc2ccc(C(=O)NCCc3c[nH]c4ccccc34)cn2)c1. The molecule has 0 saturated carbocycles. The van der Waals surface area contributed by atoms with E-state index in [0.717, 1.165) is 17.6 Å². The molecule has 0 aliphatic heterocycles. The molecule has 29 heavy (non-hydrogen) atoms. The molecule has 1 amide bonds. The molecule has 2 heterocycles. The third-order valence-electron chi connectivity index (χ3n) is 4.64. The lowest BCUT2D eigenvalue weighted by molar-refractivity contribution is 0.0954. The lowest BCUT2D eigenvalue weighted by atomic mass is 10.1. The third-order valence-corrected chi connectivity index (χ3v) is 4.64. The number of benzene rings is 2. The van der Waals surface area contributed by atoms with E-state index in [2.05, 4.69) is 32.7 Å². The minimum Gasteiger partial charge on any atom is -0.361 e. The number of para-hydroxylation sites is 1. The number of H-pyrrole nitrogens is 1. The molecular weight excluding hydrogens is 362 g/mol. The minimum atomic E-state index is -0.157. The zero-order chi connectivity index (χ0) is 20.1. The van der Waals surface area contributed by atoms with Crippen molar-refractivity contribution in [2.75, 3.05) is 11.9 Å². The molecule has 0 radical (unpaired) electrons. The monoisotopic (exact) mass is 381 g/mol. The first-order valence-corrected chi connectivity index (χ1v) is 9.29. The topological polar surface area (TPSA) is 93.6 Å². The average Bonchev–Trinajstić information content (AvgIpc) is 3.17. The number of hydrogen-bond donors (Lipinski definition) is 3. The molecule has 3 N–H and O–H groups in total. The number of amides is 1. The first-order chi connectivity index (χ1) is 14.2. The number of aromatic amines is 1. The number of aromatic nitrogens is 2. The Morgan fingerprint density at radius 2 is 2.00 bits per heavy atom. The summed E-state index contributed by atoms with van der Waals surface area (Å²) in [6.45, 7) is 0.543. The van der Waals surface area contributed by atoms with E-state index in [1.807, 2.05) is 30.5 Å². The summed E-state index contributed by atoms with van der Waals surface area (Å²) in [5, 5.41) is 16.2. The number of hydrogen-bond acceptors (Lipinski definition) is 4. The standard InChI is InChI=1S/C23H19N5O/c24-13-16-4-3-5-19(12-16)28-22-9-8-18(15-27-22)23(29)25-11-10-17-14-26-21-7-2-1-6-20(17)21/h1-9,12,14-15,26H,10-11H2,(H,25,29)(H,27,28).